The number of sulfonamides is 1. The van der Waals surface area contributed by atoms with Gasteiger partial charge in [0, 0.05) is 31.7 Å². The third-order valence-corrected chi connectivity index (χ3v) is 6.81. The second-order valence-electron chi connectivity index (χ2n) is 5.51. The van der Waals surface area contributed by atoms with Crippen molar-refractivity contribution in [2.75, 3.05) is 26.3 Å². The summed E-state index contributed by atoms with van der Waals surface area (Å²) in [5.74, 6) is 0. The summed E-state index contributed by atoms with van der Waals surface area (Å²) in [5, 5.41) is 3.49. The number of nitrogens with zero attached hydrogens (tertiary/aromatic N) is 1. The van der Waals surface area contributed by atoms with Gasteiger partial charge in [0.2, 0.25) is 10.0 Å². The lowest BCUT2D eigenvalue weighted by Gasteiger charge is -2.34. The fraction of sp³-hybridized carbons (Fsp3) is 0.714. The van der Waals surface area contributed by atoms with Crippen LogP contribution in [0.4, 0.5) is 0 Å². The predicted octanol–water partition coefficient (Wildman–Crippen LogP) is 2.10. The summed E-state index contributed by atoms with van der Waals surface area (Å²) in [4.78, 5) is 0.413. The summed E-state index contributed by atoms with van der Waals surface area (Å²) in [6.07, 6.45) is 3.92. The molecule has 3 heterocycles. The SMILES string of the molecule is O=S(=O)(c1ccsc1)N1CCC(OC2CCOCC2)CC1. The Hall–Kier alpha value is -0.470. The van der Waals surface area contributed by atoms with Crippen molar-refractivity contribution < 1.29 is 17.9 Å². The van der Waals surface area contributed by atoms with Gasteiger partial charge in [0.15, 0.2) is 0 Å². The highest BCUT2D eigenvalue weighted by molar-refractivity contribution is 7.89. The highest BCUT2D eigenvalue weighted by Gasteiger charge is 2.31. The topological polar surface area (TPSA) is 55.8 Å². The first-order chi connectivity index (χ1) is 10.2. The molecule has 0 atom stereocenters. The van der Waals surface area contributed by atoms with Crippen LogP contribution in [0.2, 0.25) is 0 Å². The molecule has 7 heteroatoms. The van der Waals surface area contributed by atoms with E-state index in [0.29, 0.717) is 18.0 Å². The minimum Gasteiger partial charge on any atom is -0.381 e. The molecule has 118 valence electrons. The van der Waals surface area contributed by atoms with Crippen LogP contribution in [0.5, 0.6) is 0 Å². The molecule has 21 heavy (non-hydrogen) atoms. The lowest BCUT2D eigenvalue weighted by atomic mass is 10.1. The van der Waals surface area contributed by atoms with Crippen molar-refractivity contribution in [3.05, 3.63) is 16.8 Å². The summed E-state index contributed by atoms with van der Waals surface area (Å²) in [6.45, 7) is 2.64. The zero-order valence-corrected chi connectivity index (χ0v) is 13.6. The van der Waals surface area contributed by atoms with Crippen LogP contribution >= 0.6 is 11.3 Å². The molecule has 2 saturated heterocycles. The number of ether oxygens (including phenoxy) is 2. The molecule has 0 saturated carbocycles. The van der Waals surface area contributed by atoms with Crippen LogP contribution in [-0.4, -0.2) is 51.2 Å². The summed E-state index contributed by atoms with van der Waals surface area (Å²) in [5.41, 5.74) is 0. The van der Waals surface area contributed by atoms with Crippen molar-refractivity contribution in [3.8, 4) is 0 Å². The Labute approximate surface area is 129 Å². The van der Waals surface area contributed by atoms with E-state index in [1.54, 1.807) is 21.1 Å². The lowest BCUT2D eigenvalue weighted by molar-refractivity contribution is -0.0801. The number of rotatable bonds is 4. The molecule has 3 rings (SSSR count). The monoisotopic (exact) mass is 331 g/mol. The van der Waals surface area contributed by atoms with Crippen LogP contribution in [0, 0.1) is 0 Å². The predicted molar refractivity (Wildman–Crippen MR) is 81.0 cm³/mol. The molecule has 2 fully saturated rings. The van der Waals surface area contributed by atoms with Gasteiger partial charge in [0.05, 0.1) is 17.1 Å². The Bertz CT molecular complexity index is 529. The van der Waals surface area contributed by atoms with Gasteiger partial charge >= 0.3 is 0 Å². The van der Waals surface area contributed by atoms with Crippen LogP contribution in [-0.2, 0) is 19.5 Å². The van der Waals surface area contributed by atoms with Crippen molar-refractivity contribution in [3.63, 3.8) is 0 Å². The molecule has 2 aliphatic heterocycles. The lowest BCUT2D eigenvalue weighted by Crippen LogP contribution is -2.42. The Morgan fingerprint density at radius 2 is 1.81 bits per heavy atom. The summed E-state index contributed by atoms with van der Waals surface area (Å²) in [7, 11) is -3.31. The molecule has 0 spiro atoms. The van der Waals surface area contributed by atoms with Crippen LogP contribution in [0.15, 0.2) is 21.7 Å². The molecule has 0 N–H and O–H groups in total. The van der Waals surface area contributed by atoms with E-state index in [2.05, 4.69) is 0 Å². The van der Waals surface area contributed by atoms with E-state index < -0.39 is 10.0 Å². The Morgan fingerprint density at radius 3 is 2.43 bits per heavy atom. The number of thiophene rings is 1. The maximum absolute atomic E-state index is 12.4. The van der Waals surface area contributed by atoms with Crippen molar-refractivity contribution in [1.29, 1.82) is 0 Å². The van der Waals surface area contributed by atoms with Crippen LogP contribution in [0.25, 0.3) is 0 Å². The van der Waals surface area contributed by atoms with E-state index in [1.165, 1.54) is 11.3 Å². The molecule has 0 bridgehead atoms. The molecular formula is C14H21NO4S2. The van der Waals surface area contributed by atoms with Gasteiger partial charge in [-0.3, -0.25) is 0 Å². The molecule has 0 unspecified atom stereocenters. The molecular weight excluding hydrogens is 310 g/mol. The third-order valence-electron chi connectivity index (χ3n) is 4.09. The second kappa shape index (κ2) is 6.75. The molecule has 5 nitrogen and oxygen atoms in total. The quantitative estimate of drug-likeness (QED) is 0.848. The van der Waals surface area contributed by atoms with Crippen LogP contribution < -0.4 is 0 Å². The Balaban J connectivity index is 1.53. The first kappa shape index (κ1) is 15.4. The maximum Gasteiger partial charge on any atom is 0.243 e. The van der Waals surface area contributed by atoms with Gasteiger partial charge in [-0.05, 0) is 37.1 Å². The van der Waals surface area contributed by atoms with Crippen molar-refractivity contribution in [2.24, 2.45) is 0 Å². The summed E-state index contributed by atoms with van der Waals surface area (Å²) >= 11 is 1.41. The zero-order chi connectivity index (χ0) is 14.7. The summed E-state index contributed by atoms with van der Waals surface area (Å²) < 4.78 is 37.8. The average molecular weight is 331 g/mol. The molecule has 0 aromatic carbocycles. The highest BCUT2D eigenvalue weighted by atomic mass is 32.2. The minimum absolute atomic E-state index is 0.182. The zero-order valence-electron chi connectivity index (χ0n) is 11.9. The van der Waals surface area contributed by atoms with Gasteiger partial charge in [-0.2, -0.15) is 15.6 Å². The number of hydrogen-bond donors (Lipinski definition) is 0. The van der Waals surface area contributed by atoms with Crippen molar-refractivity contribution >= 4 is 21.4 Å². The smallest absolute Gasteiger partial charge is 0.243 e. The van der Waals surface area contributed by atoms with E-state index in [-0.39, 0.29) is 12.2 Å². The molecule has 1 aromatic rings. The van der Waals surface area contributed by atoms with Gasteiger partial charge < -0.3 is 9.47 Å². The molecule has 0 radical (unpaired) electrons. The Morgan fingerprint density at radius 1 is 1.14 bits per heavy atom. The largest absolute Gasteiger partial charge is 0.381 e. The third kappa shape index (κ3) is 3.65. The van der Waals surface area contributed by atoms with E-state index in [1.807, 2.05) is 0 Å². The first-order valence-electron chi connectivity index (χ1n) is 7.42. The van der Waals surface area contributed by atoms with Crippen LogP contribution in [0.3, 0.4) is 0 Å². The highest BCUT2D eigenvalue weighted by Crippen LogP contribution is 2.25. The van der Waals surface area contributed by atoms with Gasteiger partial charge in [-0.1, -0.05) is 0 Å². The normalized spacial score (nSPS) is 23.4. The van der Waals surface area contributed by atoms with E-state index >= 15 is 0 Å². The fourth-order valence-corrected chi connectivity index (χ4v) is 5.33. The molecule has 0 amide bonds. The number of hydrogen-bond acceptors (Lipinski definition) is 5. The average Bonchev–Trinajstić information content (AvgIpc) is 3.04. The molecule has 2 aliphatic rings. The van der Waals surface area contributed by atoms with E-state index in [0.717, 1.165) is 38.9 Å². The van der Waals surface area contributed by atoms with Gasteiger partial charge in [0.1, 0.15) is 0 Å². The van der Waals surface area contributed by atoms with Crippen molar-refractivity contribution in [2.45, 2.75) is 42.8 Å². The minimum atomic E-state index is -3.31. The standard InChI is InChI=1S/C14H21NO4S2/c16-21(17,14-5-10-20-11-14)15-6-1-12(2-7-15)19-13-3-8-18-9-4-13/h5,10-13H,1-4,6-9H2. The molecule has 1 aromatic heterocycles. The van der Waals surface area contributed by atoms with Crippen molar-refractivity contribution in [1.82, 2.24) is 4.31 Å². The van der Waals surface area contributed by atoms with Gasteiger partial charge in [-0.15, -0.1) is 0 Å². The van der Waals surface area contributed by atoms with E-state index in [9.17, 15) is 8.42 Å². The number of piperidine rings is 1. The van der Waals surface area contributed by atoms with E-state index in [4.69, 9.17) is 9.47 Å². The first-order valence-corrected chi connectivity index (χ1v) is 9.80. The second-order valence-corrected chi connectivity index (χ2v) is 8.23. The fourth-order valence-electron chi connectivity index (χ4n) is 2.84. The Kier molecular flexibility index (Phi) is 4.96. The summed E-state index contributed by atoms with van der Waals surface area (Å²) in [6, 6.07) is 1.67. The maximum atomic E-state index is 12.4. The molecule has 0 aliphatic carbocycles. The van der Waals surface area contributed by atoms with Gasteiger partial charge in [-0.25, -0.2) is 8.42 Å². The van der Waals surface area contributed by atoms with Gasteiger partial charge in [0.25, 0.3) is 0 Å². The van der Waals surface area contributed by atoms with Crippen LogP contribution in [0.1, 0.15) is 25.7 Å².